The van der Waals surface area contributed by atoms with Crippen LogP contribution < -0.4 is 0 Å². The molecule has 0 fully saturated rings. The van der Waals surface area contributed by atoms with Crippen molar-refractivity contribution >= 4 is 5.97 Å². The number of aliphatic carboxylic acids is 1. The van der Waals surface area contributed by atoms with E-state index in [2.05, 4.69) is 0 Å². The van der Waals surface area contributed by atoms with E-state index in [0.29, 0.717) is 0 Å². The number of carboxylic acids is 1. The van der Waals surface area contributed by atoms with E-state index >= 15 is 0 Å². The molecule has 0 heterocycles. The first-order valence-electron chi connectivity index (χ1n) is 4.12. The monoisotopic (exact) mass is 168 g/mol. The molecule has 0 aliphatic rings. The molecule has 0 aliphatic carbocycles. The summed E-state index contributed by atoms with van der Waals surface area (Å²) in [6.45, 7) is 5.51. The molecular formula is C10H16O2. The fourth-order valence-electron chi connectivity index (χ4n) is 0.957. The maximum Gasteiger partial charge on any atom is 0.310 e. The van der Waals surface area contributed by atoms with Gasteiger partial charge in [-0.1, -0.05) is 23.8 Å². The van der Waals surface area contributed by atoms with Crippen LogP contribution in [0, 0.1) is 5.92 Å². The molecule has 0 aromatic rings. The molecule has 1 atom stereocenters. The van der Waals surface area contributed by atoms with Gasteiger partial charge in [-0.05, 0) is 27.2 Å². The molecule has 12 heavy (non-hydrogen) atoms. The Labute approximate surface area is 73.6 Å². The summed E-state index contributed by atoms with van der Waals surface area (Å²) in [6.07, 6.45) is 6.51. The third-order valence-corrected chi connectivity index (χ3v) is 1.89. The molecule has 2 nitrogen and oxygen atoms in total. The van der Waals surface area contributed by atoms with E-state index in [9.17, 15) is 4.79 Å². The Bertz CT molecular complexity index is 202. The van der Waals surface area contributed by atoms with Crippen molar-refractivity contribution in [3.05, 3.63) is 23.8 Å². The molecule has 0 amide bonds. The fraction of sp³-hybridized carbons (Fsp3) is 0.500. The predicted octanol–water partition coefficient (Wildman–Crippen LogP) is 2.62. The summed E-state index contributed by atoms with van der Waals surface area (Å²) in [6, 6.07) is 0. The Morgan fingerprint density at radius 3 is 2.42 bits per heavy atom. The van der Waals surface area contributed by atoms with Gasteiger partial charge in [0.15, 0.2) is 0 Å². The van der Waals surface area contributed by atoms with Gasteiger partial charge in [-0.25, -0.2) is 0 Å². The zero-order valence-corrected chi connectivity index (χ0v) is 7.87. The number of allylic oxidation sites excluding steroid dienone is 3. The Kier molecular flexibility index (Phi) is 5.09. The third-order valence-electron chi connectivity index (χ3n) is 1.89. The van der Waals surface area contributed by atoms with Gasteiger partial charge in [0.25, 0.3) is 0 Å². The molecular weight excluding hydrogens is 152 g/mol. The highest BCUT2D eigenvalue weighted by Crippen LogP contribution is 2.14. The maximum absolute atomic E-state index is 10.6. The Balaban J connectivity index is 4.26. The summed E-state index contributed by atoms with van der Waals surface area (Å²) in [5.74, 6) is -1.13. The van der Waals surface area contributed by atoms with Crippen LogP contribution in [-0.4, -0.2) is 11.1 Å². The van der Waals surface area contributed by atoms with E-state index in [1.165, 1.54) is 0 Å². The second kappa shape index (κ2) is 5.58. The van der Waals surface area contributed by atoms with Gasteiger partial charge < -0.3 is 5.11 Å². The first-order valence-corrected chi connectivity index (χ1v) is 4.12. The average molecular weight is 168 g/mol. The summed E-state index contributed by atoms with van der Waals surface area (Å²) in [4.78, 5) is 10.6. The van der Waals surface area contributed by atoms with E-state index in [-0.39, 0.29) is 5.92 Å². The molecule has 1 N–H and O–H groups in total. The lowest BCUT2D eigenvalue weighted by atomic mass is 9.98. The molecule has 1 unspecified atom stereocenters. The van der Waals surface area contributed by atoms with Gasteiger partial charge >= 0.3 is 5.97 Å². The van der Waals surface area contributed by atoms with Crippen molar-refractivity contribution in [3.8, 4) is 0 Å². The molecule has 2 heteroatoms. The molecule has 0 rings (SSSR count). The quantitative estimate of drug-likeness (QED) is 0.655. The fourth-order valence-corrected chi connectivity index (χ4v) is 0.957. The lowest BCUT2D eigenvalue weighted by molar-refractivity contribution is -0.139. The van der Waals surface area contributed by atoms with E-state index in [1.807, 2.05) is 32.1 Å². The second-order valence-electron chi connectivity index (χ2n) is 2.70. The minimum atomic E-state index is -0.757. The van der Waals surface area contributed by atoms with Crippen LogP contribution in [0.1, 0.15) is 27.2 Å². The Hall–Kier alpha value is -1.05. The van der Waals surface area contributed by atoms with Crippen LogP contribution in [0.3, 0.4) is 0 Å². The van der Waals surface area contributed by atoms with Crippen LogP contribution in [-0.2, 0) is 4.79 Å². The summed E-state index contributed by atoms with van der Waals surface area (Å²) in [7, 11) is 0. The lowest BCUT2D eigenvalue weighted by Gasteiger charge is -2.08. The Morgan fingerprint density at radius 2 is 2.08 bits per heavy atom. The zero-order valence-electron chi connectivity index (χ0n) is 7.87. The minimum Gasteiger partial charge on any atom is -0.481 e. The standard InChI is InChI=1S/C10H16O2/c1-4-6-7-9(5-2)8(3)10(11)12/h4-6,8H,7H2,1-3H3,(H,11,12). The molecule has 68 valence electrons. The molecule has 0 aromatic carbocycles. The summed E-state index contributed by atoms with van der Waals surface area (Å²) < 4.78 is 0. The summed E-state index contributed by atoms with van der Waals surface area (Å²) >= 11 is 0. The van der Waals surface area contributed by atoms with Gasteiger partial charge in [0.05, 0.1) is 5.92 Å². The van der Waals surface area contributed by atoms with Crippen LogP contribution in [0.4, 0.5) is 0 Å². The first kappa shape index (κ1) is 11.0. The van der Waals surface area contributed by atoms with E-state index < -0.39 is 5.97 Å². The normalized spacial score (nSPS) is 15.1. The highest BCUT2D eigenvalue weighted by molar-refractivity contribution is 5.73. The van der Waals surface area contributed by atoms with Crippen molar-refractivity contribution in [2.45, 2.75) is 27.2 Å². The van der Waals surface area contributed by atoms with Crippen molar-refractivity contribution in [2.24, 2.45) is 5.92 Å². The number of carboxylic acid groups (broad SMARTS) is 1. The molecule has 0 bridgehead atoms. The van der Waals surface area contributed by atoms with E-state index in [1.54, 1.807) is 6.92 Å². The molecule has 0 saturated heterocycles. The van der Waals surface area contributed by atoms with Crippen molar-refractivity contribution in [2.75, 3.05) is 0 Å². The van der Waals surface area contributed by atoms with Gasteiger partial charge in [-0.3, -0.25) is 4.79 Å². The van der Waals surface area contributed by atoms with E-state index in [0.717, 1.165) is 12.0 Å². The second-order valence-corrected chi connectivity index (χ2v) is 2.70. The van der Waals surface area contributed by atoms with Gasteiger partial charge in [-0.15, -0.1) is 0 Å². The van der Waals surface area contributed by atoms with Crippen LogP contribution in [0.5, 0.6) is 0 Å². The minimum absolute atomic E-state index is 0.369. The zero-order chi connectivity index (χ0) is 9.56. The highest BCUT2D eigenvalue weighted by atomic mass is 16.4. The predicted molar refractivity (Wildman–Crippen MR) is 50.0 cm³/mol. The van der Waals surface area contributed by atoms with Crippen molar-refractivity contribution < 1.29 is 9.90 Å². The number of hydrogen-bond acceptors (Lipinski definition) is 1. The molecule has 0 aromatic heterocycles. The van der Waals surface area contributed by atoms with Crippen LogP contribution in [0.15, 0.2) is 23.8 Å². The van der Waals surface area contributed by atoms with Gasteiger partial charge in [0, 0.05) is 0 Å². The van der Waals surface area contributed by atoms with Gasteiger partial charge in [0.1, 0.15) is 0 Å². The lowest BCUT2D eigenvalue weighted by Crippen LogP contribution is -2.11. The van der Waals surface area contributed by atoms with Gasteiger partial charge in [-0.2, -0.15) is 0 Å². The molecule has 0 saturated carbocycles. The topological polar surface area (TPSA) is 37.3 Å². The SMILES string of the molecule is CC=CCC(=CC)C(C)C(=O)O. The maximum atomic E-state index is 10.6. The van der Waals surface area contributed by atoms with Crippen molar-refractivity contribution in [1.29, 1.82) is 0 Å². The van der Waals surface area contributed by atoms with Crippen LogP contribution >= 0.6 is 0 Å². The smallest absolute Gasteiger partial charge is 0.310 e. The highest BCUT2D eigenvalue weighted by Gasteiger charge is 2.13. The largest absolute Gasteiger partial charge is 0.481 e. The molecule has 0 radical (unpaired) electrons. The summed E-state index contributed by atoms with van der Waals surface area (Å²) in [5, 5.41) is 8.72. The van der Waals surface area contributed by atoms with Crippen LogP contribution in [0.2, 0.25) is 0 Å². The third kappa shape index (κ3) is 3.37. The number of rotatable bonds is 4. The molecule has 0 spiro atoms. The van der Waals surface area contributed by atoms with E-state index in [4.69, 9.17) is 5.11 Å². The van der Waals surface area contributed by atoms with Gasteiger partial charge in [0.2, 0.25) is 0 Å². The van der Waals surface area contributed by atoms with Crippen molar-refractivity contribution in [1.82, 2.24) is 0 Å². The molecule has 0 aliphatic heterocycles. The number of hydrogen-bond donors (Lipinski definition) is 1. The average Bonchev–Trinajstić information content (AvgIpc) is 2.05. The first-order chi connectivity index (χ1) is 5.63. The van der Waals surface area contributed by atoms with Crippen LogP contribution in [0.25, 0.3) is 0 Å². The summed E-state index contributed by atoms with van der Waals surface area (Å²) in [5.41, 5.74) is 0.959. The Morgan fingerprint density at radius 1 is 1.50 bits per heavy atom. The van der Waals surface area contributed by atoms with Crippen molar-refractivity contribution in [3.63, 3.8) is 0 Å². The number of carbonyl (C=O) groups is 1.